The maximum atomic E-state index is 5.57. The third-order valence-corrected chi connectivity index (χ3v) is 3.22. The quantitative estimate of drug-likeness (QED) is 0.513. The Bertz CT molecular complexity index is 447. The van der Waals surface area contributed by atoms with Gasteiger partial charge in [-0.1, -0.05) is 18.2 Å². The van der Waals surface area contributed by atoms with Gasteiger partial charge in [0.1, 0.15) is 5.82 Å². The average molecular weight is 277 g/mol. The van der Waals surface area contributed by atoms with Crippen LogP contribution in [0.4, 0.5) is 5.69 Å². The summed E-state index contributed by atoms with van der Waals surface area (Å²) in [5.41, 5.74) is 1.12. The molecule has 0 aliphatic rings. The predicted molar refractivity (Wildman–Crippen MR) is 80.7 cm³/mol. The Morgan fingerprint density at radius 1 is 1.26 bits per heavy atom. The number of aromatic nitrogens is 2. The molecule has 0 saturated carbocycles. The summed E-state index contributed by atoms with van der Waals surface area (Å²) >= 11 is 4.48. The van der Waals surface area contributed by atoms with Crippen molar-refractivity contribution in [1.82, 2.24) is 9.97 Å². The normalized spacial score (nSPS) is 12.3. The molecule has 19 heavy (non-hydrogen) atoms. The van der Waals surface area contributed by atoms with E-state index in [1.807, 2.05) is 36.5 Å². The molecule has 2 N–H and O–H groups in total. The second kappa shape index (κ2) is 7.86. The van der Waals surface area contributed by atoms with Crippen molar-refractivity contribution >= 4 is 18.3 Å². The molecule has 0 aliphatic carbocycles. The number of ether oxygens (including phenoxy) is 1. The molecule has 1 aromatic heterocycles. The Hall–Kier alpha value is -1.46. The van der Waals surface area contributed by atoms with E-state index in [4.69, 9.17) is 4.74 Å². The van der Waals surface area contributed by atoms with Gasteiger partial charge in [0.15, 0.2) is 0 Å². The van der Waals surface area contributed by atoms with Crippen LogP contribution in [-0.2, 0) is 4.74 Å². The van der Waals surface area contributed by atoms with E-state index in [2.05, 4.69) is 27.9 Å². The van der Waals surface area contributed by atoms with Crippen molar-refractivity contribution in [2.24, 2.45) is 0 Å². The Labute approximate surface area is 119 Å². The van der Waals surface area contributed by atoms with Gasteiger partial charge in [0, 0.05) is 31.2 Å². The average Bonchev–Trinajstić information content (AvgIpc) is 2.98. The molecule has 0 aliphatic heterocycles. The van der Waals surface area contributed by atoms with Crippen LogP contribution < -0.4 is 5.32 Å². The van der Waals surface area contributed by atoms with Gasteiger partial charge in [0.05, 0.1) is 11.9 Å². The number of aromatic amines is 1. The third kappa shape index (κ3) is 4.96. The third-order valence-electron chi connectivity index (χ3n) is 2.72. The zero-order chi connectivity index (χ0) is 13.3. The number of anilines is 1. The lowest BCUT2D eigenvalue weighted by Gasteiger charge is -2.09. The number of imidazole rings is 1. The van der Waals surface area contributed by atoms with Gasteiger partial charge < -0.3 is 15.0 Å². The topological polar surface area (TPSA) is 49.9 Å². The van der Waals surface area contributed by atoms with Crippen LogP contribution in [0.15, 0.2) is 42.7 Å². The number of para-hydroxylation sites is 1. The number of thiol groups is 1. The summed E-state index contributed by atoms with van der Waals surface area (Å²) in [6, 6.07) is 10.1. The molecule has 4 nitrogen and oxygen atoms in total. The molecule has 2 aromatic rings. The SMILES string of the molecule is SC(CCOCCNc1ccccc1)c1ncc[nH]1. The van der Waals surface area contributed by atoms with E-state index in [1.165, 1.54) is 0 Å². The first-order chi connectivity index (χ1) is 9.36. The molecular formula is C14H19N3OS. The van der Waals surface area contributed by atoms with E-state index < -0.39 is 0 Å². The second-order valence-corrected chi connectivity index (χ2v) is 4.81. The first-order valence-corrected chi connectivity index (χ1v) is 6.92. The van der Waals surface area contributed by atoms with Gasteiger partial charge in [0.25, 0.3) is 0 Å². The van der Waals surface area contributed by atoms with Crippen molar-refractivity contribution in [1.29, 1.82) is 0 Å². The molecule has 0 bridgehead atoms. The van der Waals surface area contributed by atoms with Crippen molar-refractivity contribution in [2.45, 2.75) is 11.7 Å². The Morgan fingerprint density at radius 2 is 2.11 bits per heavy atom. The van der Waals surface area contributed by atoms with Crippen LogP contribution in [0.5, 0.6) is 0 Å². The van der Waals surface area contributed by atoms with Crippen molar-refractivity contribution in [3.63, 3.8) is 0 Å². The summed E-state index contributed by atoms with van der Waals surface area (Å²) in [6.07, 6.45) is 4.40. The first kappa shape index (κ1) is 14.0. The molecule has 0 spiro atoms. The first-order valence-electron chi connectivity index (χ1n) is 6.40. The molecule has 102 valence electrons. The summed E-state index contributed by atoms with van der Waals surface area (Å²) in [7, 11) is 0. The Morgan fingerprint density at radius 3 is 2.84 bits per heavy atom. The molecule has 1 unspecified atom stereocenters. The fourth-order valence-electron chi connectivity index (χ4n) is 1.72. The van der Waals surface area contributed by atoms with Crippen LogP contribution in [0.25, 0.3) is 0 Å². The van der Waals surface area contributed by atoms with E-state index in [0.717, 1.165) is 24.5 Å². The van der Waals surface area contributed by atoms with Gasteiger partial charge in [-0.25, -0.2) is 4.98 Å². The van der Waals surface area contributed by atoms with Gasteiger partial charge in [0.2, 0.25) is 0 Å². The van der Waals surface area contributed by atoms with Gasteiger partial charge in [-0.15, -0.1) is 0 Å². The maximum Gasteiger partial charge on any atom is 0.119 e. The van der Waals surface area contributed by atoms with Crippen LogP contribution in [-0.4, -0.2) is 29.7 Å². The lowest BCUT2D eigenvalue weighted by molar-refractivity contribution is 0.141. The van der Waals surface area contributed by atoms with Gasteiger partial charge in [-0.3, -0.25) is 0 Å². The highest BCUT2D eigenvalue weighted by Crippen LogP contribution is 2.19. The molecule has 5 heteroatoms. The highest BCUT2D eigenvalue weighted by molar-refractivity contribution is 7.80. The zero-order valence-corrected chi connectivity index (χ0v) is 11.6. The smallest absolute Gasteiger partial charge is 0.119 e. The Balaban J connectivity index is 1.53. The molecule has 1 aromatic carbocycles. The number of H-pyrrole nitrogens is 1. The molecule has 0 fully saturated rings. The summed E-state index contributed by atoms with van der Waals surface area (Å²) in [5.74, 6) is 0.898. The van der Waals surface area contributed by atoms with E-state index in [0.29, 0.717) is 13.2 Å². The molecular weight excluding hydrogens is 258 g/mol. The summed E-state index contributed by atoms with van der Waals surface area (Å²) in [5, 5.41) is 3.41. The van der Waals surface area contributed by atoms with Gasteiger partial charge in [-0.05, 0) is 18.6 Å². The maximum absolute atomic E-state index is 5.57. The lowest BCUT2D eigenvalue weighted by atomic mass is 10.3. The van der Waals surface area contributed by atoms with Crippen LogP contribution >= 0.6 is 12.6 Å². The summed E-state index contributed by atoms with van der Waals surface area (Å²) in [4.78, 5) is 7.23. The largest absolute Gasteiger partial charge is 0.383 e. The van der Waals surface area contributed by atoms with E-state index in [9.17, 15) is 0 Å². The standard InChI is InChI=1S/C14H19N3OS/c19-13(14-16-7-8-17-14)6-10-18-11-9-15-12-4-2-1-3-5-12/h1-5,7-8,13,15,19H,6,9-11H2,(H,16,17). The molecule has 0 saturated heterocycles. The number of nitrogens with zero attached hydrogens (tertiary/aromatic N) is 1. The highest BCUT2D eigenvalue weighted by atomic mass is 32.1. The minimum Gasteiger partial charge on any atom is -0.383 e. The number of nitrogens with one attached hydrogen (secondary N) is 2. The highest BCUT2D eigenvalue weighted by Gasteiger charge is 2.07. The second-order valence-electron chi connectivity index (χ2n) is 4.18. The van der Waals surface area contributed by atoms with Crippen LogP contribution in [0.2, 0.25) is 0 Å². The minimum absolute atomic E-state index is 0.108. The van der Waals surface area contributed by atoms with Gasteiger partial charge in [-0.2, -0.15) is 12.6 Å². The zero-order valence-electron chi connectivity index (χ0n) is 10.7. The predicted octanol–water partition coefficient (Wildman–Crippen LogP) is 2.90. The van der Waals surface area contributed by atoms with E-state index >= 15 is 0 Å². The lowest BCUT2D eigenvalue weighted by Crippen LogP contribution is -2.10. The number of hydrogen-bond donors (Lipinski definition) is 3. The monoisotopic (exact) mass is 277 g/mol. The molecule has 2 rings (SSSR count). The van der Waals surface area contributed by atoms with Crippen molar-refractivity contribution in [3.05, 3.63) is 48.5 Å². The number of hydrogen-bond acceptors (Lipinski definition) is 4. The van der Waals surface area contributed by atoms with Crippen molar-refractivity contribution in [3.8, 4) is 0 Å². The molecule has 1 atom stereocenters. The van der Waals surface area contributed by atoms with Gasteiger partial charge >= 0.3 is 0 Å². The van der Waals surface area contributed by atoms with Crippen molar-refractivity contribution < 1.29 is 4.74 Å². The molecule has 1 heterocycles. The van der Waals surface area contributed by atoms with Crippen molar-refractivity contribution in [2.75, 3.05) is 25.1 Å². The number of rotatable bonds is 8. The summed E-state index contributed by atoms with van der Waals surface area (Å²) < 4.78 is 5.57. The minimum atomic E-state index is 0.108. The Kier molecular flexibility index (Phi) is 5.78. The van der Waals surface area contributed by atoms with Crippen LogP contribution in [0.1, 0.15) is 17.5 Å². The van der Waals surface area contributed by atoms with Crippen LogP contribution in [0.3, 0.4) is 0 Å². The van der Waals surface area contributed by atoms with E-state index in [1.54, 1.807) is 6.20 Å². The van der Waals surface area contributed by atoms with E-state index in [-0.39, 0.29) is 5.25 Å². The summed E-state index contributed by atoms with van der Waals surface area (Å²) in [6.45, 7) is 2.18. The number of benzene rings is 1. The fraction of sp³-hybridized carbons (Fsp3) is 0.357. The molecule has 0 radical (unpaired) electrons. The van der Waals surface area contributed by atoms with Crippen LogP contribution in [0, 0.1) is 0 Å². The fourth-order valence-corrected chi connectivity index (χ4v) is 1.96. The molecule has 0 amide bonds.